The Labute approximate surface area is 151 Å². The highest BCUT2D eigenvalue weighted by Crippen LogP contribution is 2.38. The molecule has 0 spiro atoms. The van der Waals surface area contributed by atoms with Crippen LogP contribution in [0, 0.1) is 5.41 Å². The third-order valence-corrected chi connectivity index (χ3v) is 4.24. The van der Waals surface area contributed by atoms with Crippen molar-refractivity contribution in [1.29, 1.82) is 0 Å². The van der Waals surface area contributed by atoms with Crippen LogP contribution in [0.3, 0.4) is 0 Å². The lowest BCUT2D eigenvalue weighted by Crippen LogP contribution is -2.61. The summed E-state index contributed by atoms with van der Waals surface area (Å²) in [5.41, 5.74) is -0.887. The lowest BCUT2D eigenvalue weighted by molar-refractivity contribution is -0.147. The molecule has 1 aliphatic rings. The molecule has 1 atom stereocenters. The first-order chi connectivity index (χ1) is 11.8. The average Bonchev–Trinajstić information content (AvgIpc) is 2.57. The predicted molar refractivity (Wildman–Crippen MR) is 94.1 cm³/mol. The van der Waals surface area contributed by atoms with Gasteiger partial charge in [-0.15, -0.1) is 6.58 Å². The first-order valence-electron chi connectivity index (χ1n) is 7.64. The van der Waals surface area contributed by atoms with Gasteiger partial charge < -0.3 is 5.11 Å². The van der Waals surface area contributed by atoms with E-state index < -0.39 is 23.3 Å². The minimum atomic E-state index is -1.22. The summed E-state index contributed by atoms with van der Waals surface area (Å²) in [7, 11) is 0. The quantitative estimate of drug-likeness (QED) is 0.644. The highest BCUT2D eigenvalue weighted by Gasteiger charge is 2.49. The van der Waals surface area contributed by atoms with E-state index >= 15 is 0 Å². The van der Waals surface area contributed by atoms with Crippen LogP contribution in [0.4, 0.5) is 4.79 Å². The van der Waals surface area contributed by atoms with E-state index in [1.807, 2.05) is 0 Å². The number of rotatable bonds is 5. The molecule has 1 aromatic carbocycles. The van der Waals surface area contributed by atoms with Gasteiger partial charge >= 0.3 is 6.09 Å². The summed E-state index contributed by atoms with van der Waals surface area (Å²) in [6, 6.07) is 8.25. The lowest BCUT2D eigenvalue weighted by Gasteiger charge is -2.44. The Morgan fingerprint density at radius 1 is 1.32 bits per heavy atom. The van der Waals surface area contributed by atoms with Gasteiger partial charge in [-0.3, -0.25) is 19.4 Å². The van der Waals surface area contributed by atoms with Gasteiger partial charge in [0.1, 0.15) is 6.67 Å². The Balaban J connectivity index is 2.46. The first-order valence-corrected chi connectivity index (χ1v) is 8.02. The number of halogens is 1. The summed E-state index contributed by atoms with van der Waals surface area (Å²) in [5.74, 6) is -1.02. The van der Waals surface area contributed by atoms with Crippen LogP contribution < -0.4 is 0 Å². The van der Waals surface area contributed by atoms with Crippen molar-refractivity contribution in [3.63, 3.8) is 0 Å². The van der Waals surface area contributed by atoms with Crippen molar-refractivity contribution in [2.45, 2.75) is 12.8 Å². The van der Waals surface area contributed by atoms with Crippen LogP contribution in [0.2, 0.25) is 0 Å². The molecule has 0 saturated carbocycles. The van der Waals surface area contributed by atoms with Crippen molar-refractivity contribution in [2.75, 3.05) is 13.2 Å². The summed E-state index contributed by atoms with van der Waals surface area (Å²) in [6.07, 6.45) is 0.544. The zero-order valence-electron chi connectivity index (χ0n) is 13.7. The first kappa shape index (κ1) is 18.7. The molecule has 6 nitrogen and oxygen atoms in total. The van der Waals surface area contributed by atoms with Crippen molar-refractivity contribution in [2.24, 2.45) is 5.41 Å². The van der Waals surface area contributed by atoms with Crippen LogP contribution in [0.15, 0.2) is 54.6 Å². The molecule has 7 heteroatoms. The number of imide groups is 1. The molecule has 132 valence electrons. The Kier molecular flexibility index (Phi) is 5.64. The van der Waals surface area contributed by atoms with Crippen LogP contribution in [-0.2, 0) is 4.79 Å². The van der Waals surface area contributed by atoms with Gasteiger partial charge in [-0.25, -0.2) is 4.79 Å². The molecule has 0 bridgehead atoms. The van der Waals surface area contributed by atoms with Crippen molar-refractivity contribution >= 4 is 29.5 Å². The summed E-state index contributed by atoms with van der Waals surface area (Å²) < 4.78 is 0. The lowest BCUT2D eigenvalue weighted by atomic mass is 9.77. The number of carbonyl (C=O) groups is 3. The SMILES string of the molecule is C=CCC1(CC(=C)Cl)CN(C(=O)O)CN(C(=O)c2ccccc2)C1=O. The minimum Gasteiger partial charge on any atom is -0.465 e. The van der Waals surface area contributed by atoms with Gasteiger partial charge in [0.25, 0.3) is 5.91 Å². The second kappa shape index (κ2) is 7.53. The zero-order chi connectivity index (χ0) is 18.6. The van der Waals surface area contributed by atoms with Gasteiger partial charge in [0.15, 0.2) is 0 Å². The molecule has 0 aliphatic carbocycles. The van der Waals surface area contributed by atoms with Crippen LogP contribution in [0.5, 0.6) is 0 Å². The number of carbonyl (C=O) groups excluding carboxylic acids is 2. The molecule has 1 heterocycles. The van der Waals surface area contributed by atoms with Gasteiger partial charge in [0, 0.05) is 17.1 Å². The molecule has 1 fully saturated rings. The molecule has 0 aromatic heterocycles. The molecular formula is C18H19ClN2O4. The fourth-order valence-corrected chi connectivity index (χ4v) is 3.28. The summed E-state index contributed by atoms with van der Waals surface area (Å²) in [6.45, 7) is 6.87. The molecule has 3 amide bonds. The summed E-state index contributed by atoms with van der Waals surface area (Å²) in [4.78, 5) is 39.4. The van der Waals surface area contributed by atoms with Gasteiger partial charge in [-0.1, -0.05) is 42.5 Å². The number of amides is 3. The van der Waals surface area contributed by atoms with Crippen molar-refractivity contribution in [1.82, 2.24) is 9.80 Å². The maximum absolute atomic E-state index is 13.1. The number of nitrogens with zero attached hydrogens (tertiary/aromatic N) is 2. The second-order valence-electron chi connectivity index (χ2n) is 5.99. The highest BCUT2D eigenvalue weighted by molar-refractivity contribution is 6.29. The van der Waals surface area contributed by atoms with E-state index in [0.717, 1.165) is 9.80 Å². The molecule has 1 unspecified atom stereocenters. The molecule has 1 saturated heterocycles. The predicted octanol–water partition coefficient (Wildman–Crippen LogP) is 3.31. The summed E-state index contributed by atoms with van der Waals surface area (Å²) >= 11 is 5.92. The molecule has 1 aromatic rings. The van der Waals surface area contributed by atoms with Crippen LogP contribution in [0.1, 0.15) is 23.2 Å². The van der Waals surface area contributed by atoms with Crippen LogP contribution in [0.25, 0.3) is 0 Å². The van der Waals surface area contributed by atoms with Crippen molar-refractivity contribution in [3.8, 4) is 0 Å². The number of allylic oxidation sites excluding steroid dienone is 2. The number of benzene rings is 1. The molecule has 25 heavy (non-hydrogen) atoms. The van der Waals surface area contributed by atoms with Crippen molar-refractivity contribution < 1.29 is 19.5 Å². The Bertz CT molecular complexity index is 719. The zero-order valence-corrected chi connectivity index (χ0v) is 14.4. The van der Waals surface area contributed by atoms with E-state index in [4.69, 9.17) is 11.6 Å². The van der Waals surface area contributed by atoms with E-state index in [0.29, 0.717) is 5.56 Å². The maximum Gasteiger partial charge on any atom is 0.408 e. The van der Waals surface area contributed by atoms with E-state index in [9.17, 15) is 19.5 Å². The Morgan fingerprint density at radius 2 is 1.96 bits per heavy atom. The molecule has 2 rings (SSSR count). The normalized spacial score (nSPS) is 20.3. The van der Waals surface area contributed by atoms with Gasteiger partial charge in [0.05, 0.1) is 5.41 Å². The number of hydrogen-bond acceptors (Lipinski definition) is 3. The molecule has 1 N–H and O–H groups in total. The van der Waals surface area contributed by atoms with Gasteiger partial charge in [-0.05, 0) is 25.0 Å². The van der Waals surface area contributed by atoms with Crippen LogP contribution >= 0.6 is 11.6 Å². The summed E-state index contributed by atoms with van der Waals surface area (Å²) in [5, 5.41) is 9.64. The van der Waals surface area contributed by atoms with Gasteiger partial charge in [0.2, 0.25) is 5.91 Å². The third kappa shape index (κ3) is 3.91. The Morgan fingerprint density at radius 3 is 2.48 bits per heavy atom. The molecule has 1 aliphatic heterocycles. The second-order valence-corrected chi connectivity index (χ2v) is 6.53. The van der Waals surface area contributed by atoms with Gasteiger partial charge in [-0.2, -0.15) is 0 Å². The fraction of sp³-hybridized carbons (Fsp3) is 0.278. The largest absolute Gasteiger partial charge is 0.465 e. The average molecular weight is 363 g/mol. The van der Waals surface area contributed by atoms with Crippen molar-refractivity contribution in [3.05, 3.63) is 60.2 Å². The van der Waals surface area contributed by atoms with E-state index in [-0.39, 0.29) is 31.1 Å². The smallest absolute Gasteiger partial charge is 0.408 e. The topological polar surface area (TPSA) is 77.9 Å². The standard InChI is InChI=1S/C18H19ClN2O4/c1-3-9-18(10-13(2)19)11-20(17(24)25)12-21(16(18)23)15(22)14-7-5-4-6-8-14/h3-8H,1-2,9-12H2,(H,24,25). The number of carboxylic acid groups (broad SMARTS) is 1. The minimum absolute atomic E-state index is 0.0573. The van der Waals surface area contributed by atoms with Crippen LogP contribution in [-0.4, -0.2) is 46.0 Å². The Hall–Kier alpha value is -2.60. The number of hydrogen-bond donors (Lipinski definition) is 1. The fourth-order valence-electron chi connectivity index (χ4n) is 3.02. The third-order valence-electron chi connectivity index (χ3n) is 4.11. The molecule has 0 radical (unpaired) electrons. The highest BCUT2D eigenvalue weighted by atomic mass is 35.5. The molecular weight excluding hydrogens is 344 g/mol. The van der Waals surface area contributed by atoms with E-state index in [1.54, 1.807) is 30.3 Å². The monoisotopic (exact) mass is 362 g/mol. The van der Waals surface area contributed by atoms with E-state index in [1.165, 1.54) is 6.08 Å². The van der Waals surface area contributed by atoms with E-state index in [2.05, 4.69) is 13.2 Å². The maximum atomic E-state index is 13.1.